The van der Waals surface area contributed by atoms with E-state index in [-0.39, 0.29) is 0 Å². The normalized spacial score (nSPS) is 31.7. The van der Waals surface area contributed by atoms with Crippen molar-refractivity contribution in [1.82, 2.24) is 10.6 Å². The van der Waals surface area contributed by atoms with Crippen LogP contribution in [0.25, 0.3) is 0 Å². The van der Waals surface area contributed by atoms with Gasteiger partial charge in [0.05, 0.1) is 24.7 Å². The Bertz CT molecular complexity index is 707. The lowest BCUT2D eigenvalue weighted by molar-refractivity contribution is -0.175. The predicted octanol–water partition coefficient (Wildman–Crippen LogP) is -1.90. The number of amides is 3. The predicted molar refractivity (Wildman–Crippen MR) is 76.4 cm³/mol. The van der Waals surface area contributed by atoms with E-state index < -0.39 is 68.6 Å². The second kappa shape index (κ2) is 7.66. The minimum absolute atomic E-state index is 0.785. The molecule has 5 N–H and O–H groups in total. The Labute approximate surface area is 148 Å². The number of halogens is 3. The molecule has 152 valence electrons. The van der Waals surface area contributed by atoms with Crippen LogP contribution in [0.5, 0.6) is 0 Å². The van der Waals surface area contributed by atoms with Crippen LogP contribution in [0.4, 0.5) is 13.2 Å². The molecule has 3 amide bonds. The third kappa shape index (κ3) is 5.34. The fourth-order valence-electron chi connectivity index (χ4n) is 2.59. The van der Waals surface area contributed by atoms with Gasteiger partial charge in [0.25, 0.3) is 0 Å². The highest BCUT2D eigenvalue weighted by Gasteiger charge is 2.52. The zero-order chi connectivity index (χ0) is 20.6. The Kier molecular flexibility index (Phi) is 6.09. The first-order valence-corrected chi connectivity index (χ1v) is 8.77. The zero-order valence-corrected chi connectivity index (χ0v) is 14.0. The van der Waals surface area contributed by atoms with Crippen molar-refractivity contribution in [3.63, 3.8) is 0 Å². The highest BCUT2D eigenvalue weighted by atomic mass is 31.2. The molecule has 0 aliphatic carbocycles. The molecular weight excluding hydrogens is 404 g/mol. The van der Waals surface area contributed by atoms with Gasteiger partial charge in [-0.3, -0.25) is 24.2 Å². The minimum Gasteiger partial charge on any atom is -0.388 e. The molecule has 1 saturated heterocycles. The Morgan fingerprint density at radius 3 is 2.52 bits per heavy atom. The van der Waals surface area contributed by atoms with Crippen LogP contribution in [0, 0.1) is 5.92 Å². The fourth-order valence-corrected chi connectivity index (χ4v) is 2.93. The van der Waals surface area contributed by atoms with Gasteiger partial charge in [0.15, 0.2) is 0 Å². The fraction of sp³-hybridized carbons (Fsp3) is 0.583. The summed E-state index contributed by atoms with van der Waals surface area (Å²) in [6, 6.07) is -1.78. The van der Waals surface area contributed by atoms with Gasteiger partial charge in [-0.15, -0.1) is 0 Å². The zero-order valence-electron chi connectivity index (χ0n) is 13.1. The number of aliphatic hydroxyl groups excluding tert-OH is 1. The molecule has 0 bridgehead atoms. The van der Waals surface area contributed by atoms with E-state index in [0.29, 0.717) is 0 Å². The van der Waals surface area contributed by atoms with E-state index in [4.69, 9.17) is 14.5 Å². The summed E-state index contributed by atoms with van der Waals surface area (Å²) < 4.78 is 57.7. The number of ether oxygens (including phenoxy) is 1. The maximum absolute atomic E-state index is 12.5. The van der Waals surface area contributed by atoms with Gasteiger partial charge in [-0.05, 0) is 0 Å². The van der Waals surface area contributed by atoms with Crippen LogP contribution >= 0.6 is 7.82 Å². The van der Waals surface area contributed by atoms with Crippen molar-refractivity contribution in [2.45, 2.75) is 30.5 Å². The molecule has 0 aromatic heterocycles. The molecule has 2 rings (SSSR count). The number of imide groups is 1. The third-order valence-corrected chi connectivity index (χ3v) is 4.24. The van der Waals surface area contributed by atoms with Gasteiger partial charge in [0.1, 0.15) is 12.2 Å². The first-order chi connectivity index (χ1) is 12.3. The summed E-state index contributed by atoms with van der Waals surface area (Å²) >= 11 is 0. The second-order valence-electron chi connectivity index (χ2n) is 5.65. The van der Waals surface area contributed by atoms with Crippen molar-refractivity contribution in [2.75, 3.05) is 6.61 Å². The smallest absolute Gasteiger partial charge is 0.388 e. The van der Waals surface area contributed by atoms with E-state index in [1.165, 1.54) is 5.32 Å². The van der Waals surface area contributed by atoms with Crippen molar-refractivity contribution in [3.05, 3.63) is 12.2 Å². The largest absolute Gasteiger partial charge is 0.471 e. The van der Waals surface area contributed by atoms with Crippen LogP contribution in [-0.2, 0) is 28.2 Å². The number of alkyl halides is 3. The summed E-state index contributed by atoms with van der Waals surface area (Å²) in [4.78, 5) is 51.6. The molecule has 15 heteroatoms. The van der Waals surface area contributed by atoms with Crippen LogP contribution in [0.15, 0.2) is 12.2 Å². The number of nitrogens with one attached hydrogen (secondary N) is 2. The lowest BCUT2D eigenvalue weighted by Crippen LogP contribution is -2.55. The van der Waals surface area contributed by atoms with Gasteiger partial charge in [0, 0.05) is 6.08 Å². The number of hydrogen-bond donors (Lipinski definition) is 5. The van der Waals surface area contributed by atoms with Crippen LogP contribution in [0.1, 0.15) is 0 Å². The van der Waals surface area contributed by atoms with E-state index in [0.717, 1.165) is 12.2 Å². The third-order valence-electron chi connectivity index (χ3n) is 3.75. The van der Waals surface area contributed by atoms with E-state index in [1.807, 2.05) is 5.32 Å². The molecule has 0 radical (unpaired) electrons. The molecule has 1 fully saturated rings. The van der Waals surface area contributed by atoms with E-state index >= 15 is 0 Å². The van der Waals surface area contributed by atoms with Gasteiger partial charge in [-0.1, -0.05) is 6.08 Å². The van der Waals surface area contributed by atoms with Gasteiger partial charge in [-0.25, -0.2) is 4.57 Å². The molecule has 2 aliphatic heterocycles. The van der Waals surface area contributed by atoms with Crippen LogP contribution in [-0.4, -0.2) is 69.8 Å². The quantitative estimate of drug-likeness (QED) is 0.253. The summed E-state index contributed by atoms with van der Waals surface area (Å²) in [6.07, 6.45) is -8.42. The summed E-state index contributed by atoms with van der Waals surface area (Å²) in [6.45, 7) is -0.933. The van der Waals surface area contributed by atoms with Gasteiger partial charge in [0.2, 0.25) is 11.8 Å². The van der Waals surface area contributed by atoms with Crippen LogP contribution < -0.4 is 10.6 Å². The average molecular weight is 418 g/mol. The number of phosphoric ester groups is 1. The average Bonchev–Trinajstić information content (AvgIpc) is 2.80. The molecule has 27 heavy (non-hydrogen) atoms. The van der Waals surface area contributed by atoms with Crippen molar-refractivity contribution in [3.8, 4) is 0 Å². The molecule has 2 aliphatic rings. The van der Waals surface area contributed by atoms with Crippen molar-refractivity contribution in [1.29, 1.82) is 0 Å². The monoisotopic (exact) mass is 418 g/mol. The summed E-state index contributed by atoms with van der Waals surface area (Å²) in [5.41, 5.74) is 0. The summed E-state index contributed by atoms with van der Waals surface area (Å²) in [5, 5.41) is 13.5. The molecule has 5 atom stereocenters. The number of rotatable bonds is 5. The number of aliphatic hydroxyl groups is 1. The molecular formula is C12H14F3N2O9P. The molecule has 11 nitrogen and oxygen atoms in total. The SMILES string of the molecule is O=C1C=CC(C2OC(COP(=O)(O)O)C(O)C2NC(=O)C(F)(F)F)C(=O)N1. The van der Waals surface area contributed by atoms with Gasteiger partial charge >= 0.3 is 19.9 Å². The highest BCUT2D eigenvalue weighted by Crippen LogP contribution is 2.38. The topological polar surface area (TPSA) is 171 Å². The standard InChI is InChI=1S/C12H14F3N2O9P/c13-12(14,15)11(21)17-7-8(19)5(3-25-27(22,23)24)26-9(7)4-1-2-6(18)16-10(4)20/h1-2,4-5,7-9,19H,3H2,(H,17,21)(H,16,18,20)(H2,22,23,24). The van der Waals surface area contributed by atoms with E-state index in [9.17, 15) is 37.2 Å². The molecule has 5 unspecified atom stereocenters. The summed E-state index contributed by atoms with van der Waals surface area (Å²) in [5.74, 6) is -5.53. The van der Waals surface area contributed by atoms with Gasteiger partial charge < -0.3 is 24.9 Å². The second-order valence-corrected chi connectivity index (χ2v) is 6.89. The highest BCUT2D eigenvalue weighted by molar-refractivity contribution is 7.46. The first kappa shape index (κ1) is 21.5. The van der Waals surface area contributed by atoms with E-state index in [1.54, 1.807) is 0 Å². The van der Waals surface area contributed by atoms with Crippen molar-refractivity contribution >= 4 is 25.5 Å². The first-order valence-electron chi connectivity index (χ1n) is 7.24. The molecule has 2 heterocycles. The molecule has 0 aromatic rings. The lowest BCUT2D eigenvalue weighted by atomic mass is 9.91. The maximum Gasteiger partial charge on any atom is 0.471 e. The van der Waals surface area contributed by atoms with Crippen molar-refractivity contribution < 1.29 is 56.3 Å². The Morgan fingerprint density at radius 2 is 2.00 bits per heavy atom. The number of hydrogen-bond acceptors (Lipinski definition) is 7. The van der Waals surface area contributed by atoms with E-state index in [2.05, 4.69) is 4.52 Å². The lowest BCUT2D eigenvalue weighted by Gasteiger charge is -2.27. The number of carbonyl (C=O) groups excluding carboxylic acids is 3. The Morgan fingerprint density at radius 1 is 1.37 bits per heavy atom. The van der Waals surface area contributed by atoms with Gasteiger partial charge in [-0.2, -0.15) is 13.2 Å². The Balaban J connectivity index is 2.25. The van der Waals surface area contributed by atoms with Crippen LogP contribution in [0.2, 0.25) is 0 Å². The molecule has 0 saturated carbocycles. The Hall–Kier alpha value is -1.83. The van der Waals surface area contributed by atoms with Crippen molar-refractivity contribution in [2.24, 2.45) is 5.92 Å². The minimum atomic E-state index is -5.30. The molecule has 0 aromatic carbocycles. The molecule has 0 spiro atoms. The van der Waals surface area contributed by atoms with Crippen LogP contribution in [0.3, 0.4) is 0 Å². The summed E-state index contributed by atoms with van der Waals surface area (Å²) in [7, 11) is -4.99. The number of carbonyl (C=O) groups is 3. The number of phosphoric acid groups is 1. The maximum atomic E-state index is 12.5.